The maximum absolute atomic E-state index is 13.9. The summed E-state index contributed by atoms with van der Waals surface area (Å²) in [6.07, 6.45) is -0.0532. The molecule has 0 aliphatic heterocycles. The molecule has 0 radical (unpaired) electrons. The van der Waals surface area contributed by atoms with Crippen LogP contribution >= 0.6 is 11.6 Å². The van der Waals surface area contributed by atoms with Crippen molar-refractivity contribution in [3.63, 3.8) is 0 Å². The summed E-state index contributed by atoms with van der Waals surface area (Å²) >= 11 is 5.90. The summed E-state index contributed by atoms with van der Waals surface area (Å²) in [6.45, 7) is 3.03. The Balaban J connectivity index is 2.07. The van der Waals surface area contributed by atoms with Crippen LogP contribution in [-0.2, 0) is 9.59 Å². The SMILES string of the molecule is CC(=O)N(CCC(=O)Nc1cc(Cl)ccc1C)c1ccc(F)cc1F. The number of rotatable bonds is 5. The Morgan fingerprint density at radius 1 is 1.16 bits per heavy atom. The van der Waals surface area contributed by atoms with Crippen molar-refractivity contribution in [2.45, 2.75) is 20.3 Å². The molecule has 2 aromatic rings. The molecule has 0 aromatic heterocycles. The molecule has 0 fully saturated rings. The number of amides is 2. The van der Waals surface area contributed by atoms with Crippen LogP contribution in [0.5, 0.6) is 0 Å². The van der Waals surface area contributed by atoms with E-state index in [9.17, 15) is 18.4 Å². The highest BCUT2D eigenvalue weighted by atomic mass is 35.5. The van der Waals surface area contributed by atoms with Gasteiger partial charge in [-0.3, -0.25) is 9.59 Å². The van der Waals surface area contributed by atoms with Crippen LogP contribution in [0.2, 0.25) is 5.02 Å². The number of hydrogen-bond donors (Lipinski definition) is 1. The summed E-state index contributed by atoms with van der Waals surface area (Å²) in [5, 5.41) is 3.19. The van der Waals surface area contributed by atoms with E-state index in [0.29, 0.717) is 16.8 Å². The van der Waals surface area contributed by atoms with Crippen molar-refractivity contribution in [2.75, 3.05) is 16.8 Å². The van der Waals surface area contributed by atoms with Crippen LogP contribution in [-0.4, -0.2) is 18.4 Å². The lowest BCUT2D eigenvalue weighted by atomic mass is 10.2. The standard InChI is InChI=1S/C18H17ClF2N2O2/c1-11-3-4-13(19)9-16(11)22-18(25)7-8-23(12(2)24)17-6-5-14(20)10-15(17)21/h3-6,9-10H,7-8H2,1-2H3,(H,22,25). The van der Waals surface area contributed by atoms with E-state index >= 15 is 0 Å². The minimum Gasteiger partial charge on any atom is -0.326 e. The number of halogens is 3. The molecule has 0 heterocycles. The first-order valence-corrected chi connectivity index (χ1v) is 7.95. The first-order valence-electron chi connectivity index (χ1n) is 7.57. The Morgan fingerprint density at radius 3 is 2.52 bits per heavy atom. The molecule has 132 valence electrons. The van der Waals surface area contributed by atoms with Crippen LogP contribution in [0.4, 0.5) is 20.2 Å². The van der Waals surface area contributed by atoms with Crippen molar-refractivity contribution >= 4 is 34.8 Å². The van der Waals surface area contributed by atoms with E-state index in [1.807, 2.05) is 6.92 Å². The fraction of sp³-hybridized carbons (Fsp3) is 0.222. The summed E-state index contributed by atoms with van der Waals surface area (Å²) < 4.78 is 26.9. The average molecular weight is 367 g/mol. The normalized spacial score (nSPS) is 10.4. The zero-order valence-corrected chi connectivity index (χ0v) is 14.5. The number of nitrogens with zero attached hydrogens (tertiary/aromatic N) is 1. The lowest BCUT2D eigenvalue weighted by molar-refractivity contribution is -0.117. The van der Waals surface area contributed by atoms with Gasteiger partial charge in [-0.25, -0.2) is 8.78 Å². The molecule has 0 spiro atoms. The third-order valence-corrected chi connectivity index (χ3v) is 3.85. The highest BCUT2D eigenvalue weighted by Crippen LogP contribution is 2.22. The molecule has 0 bridgehead atoms. The first kappa shape index (κ1) is 18.9. The molecular formula is C18H17ClF2N2O2. The van der Waals surface area contributed by atoms with E-state index in [0.717, 1.165) is 16.5 Å². The van der Waals surface area contributed by atoms with Gasteiger partial charge in [0.1, 0.15) is 11.6 Å². The first-order chi connectivity index (χ1) is 11.8. The summed E-state index contributed by atoms with van der Waals surface area (Å²) in [4.78, 5) is 25.0. The molecule has 7 heteroatoms. The summed E-state index contributed by atoms with van der Waals surface area (Å²) in [5.41, 5.74) is 1.34. The van der Waals surface area contributed by atoms with E-state index in [1.165, 1.54) is 13.0 Å². The topological polar surface area (TPSA) is 49.4 Å². The van der Waals surface area contributed by atoms with Crippen molar-refractivity contribution in [1.29, 1.82) is 0 Å². The molecule has 0 unspecified atom stereocenters. The van der Waals surface area contributed by atoms with Crippen LogP contribution in [0.25, 0.3) is 0 Å². The van der Waals surface area contributed by atoms with Gasteiger partial charge in [-0.15, -0.1) is 0 Å². The van der Waals surface area contributed by atoms with Gasteiger partial charge in [0.05, 0.1) is 5.69 Å². The van der Waals surface area contributed by atoms with Gasteiger partial charge in [-0.05, 0) is 36.8 Å². The number of anilines is 2. The summed E-state index contributed by atoms with van der Waals surface area (Å²) in [6, 6.07) is 8.03. The average Bonchev–Trinajstić information content (AvgIpc) is 2.52. The van der Waals surface area contributed by atoms with E-state index < -0.39 is 17.5 Å². The molecule has 0 aliphatic carbocycles. The van der Waals surface area contributed by atoms with Gasteiger partial charge in [0.15, 0.2) is 0 Å². The third kappa shape index (κ3) is 5.00. The fourth-order valence-corrected chi connectivity index (χ4v) is 2.47. The number of hydrogen-bond acceptors (Lipinski definition) is 2. The second-order valence-corrected chi connectivity index (χ2v) is 5.96. The Kier molecular flexibility index (Phi) is 6.09. The van der Waals surface area contributed by atoms with Crippen LogP contribution in [0.1, 0.15) is 18.9 Å². The number of aryl methyl sites for hydroxylation is 1. The predicted octanol–water partition coefficient (Wildman–Crippen LogP) is 4.31. The zero-order chi connectivity index (χ0) is 18.6. The third-order valence-electron chi connectivity index (χ3n) is 3.62. The molecule has 0 atom stereocenters. The molecule has 4 nitrogen and oxygen atoms in total. The van der Waals surface area contributed by atoms with Gasteiger partial charge >= 0.3 is 0 Å². The largest absolute Gasteiger partial charge is 0.326 e. The number of carbonyl (C=O) groups is 2. The minimum absolute atomic E-state index is 0.0384. The highest BCUT2D eigenvalue weighted by molar-refractivity contribution is 6.31. The number of benzene rings is 2. The van der Waals surface area contributed by atoms with Gasteiger partial charge in [0.25, 0.3) is 0 Å². The van der Waals surface area contributed by atoms with E-state index in [4.69, 9.17) is 11.6 Å². The quantitative estimate of drug-likeness (QED) is 0.857. The predicted molar refractivity (Wildman–Crippen MR) is 93.8 cm³/mol. The molecule has 2 aromatic carbocycles. The Labute approximate surface area is 149 Å². The second kappa shape index (κ2) is 8.07. The lowest BCUT2D eigenvalue weighted by Crippen LogP contribution is -2.32. The summed E-state index contributed by atoms with van der Waals surface area (Å²) in [5.74, 6) is -2.39. The van der Waals surface area contributed by atoms with Crippen molar-refractivity contribution < 1.29 is 18.4 Å². The van der Waals surface area contributed by atoms with Crippen LogP contribution in [0.3, 0.4) is 0 Å². The zero-order valence-electron chi connectivity index (χ0n) is 13.8. The summed E-state index contributed by atoms with van der Waals surface area (Å²) in [7, 11) is 0. The molecule has 2 amide bonds. The molecular weight excluding hydrogens is 350 g/mol. The molecule has 0 saturated carbocycles. The van der Waals surface area contributed by atoms with Crippen LogP contribution in [0, 0.1) is 18.6 Å². The highest BCUT2D eigenvalue weighted by Gasteiger charge is 2.18. The van der Waals surface area contributed by atoms with Crippen LogP contribution < -0.4 is 10.2 Å². The second-order valence-electron chi connectivity index (χ2n) is 5.52. The minimum atomic E-state index is -0.860. The van der Waals surface area contributed by atoms with Crippen LogP contribution in [0.15, 0.2) is 36.4 Å². The van der Waals surface area contributed by atoms with Gasteiger partial charge in [0.2, 0.25) is 11.8 Å². The van der Waals surface area contributed by atoms with E-state index in [-0.39, 0.29) is 24.6 Å². The van der Waals surface area contributed by atoms with Crippen molar-refractivity contribution in [3.8, 4) is 0 Å². The van der Waals surface area contributed by atoms with E-state index in [2.05, 4.69) is 5.32 Å². The molecule has 0 saturated heterocycles. The lowest BCUT2D eigenvalue weighted by Gasteiger charge is -2.21. The molecule has 1 N–H and O–H groups in total. The smallest absolute Gasteiger partial charge is 0.226 e. The molecule has 2 rings (SSSR count). The van der Waals surface area contributed by atoms with Crippen molar-refractivity contribution in [2.24, 2.45) is 0 Å². The number of nitrogens with one attached hydrogen (secondary N) is 1. The van der Waals surface area contributed by atoms with Gasteiger partial charge in [-0.1, -0.05) is 17.7 Å². The van der Waals surface area contributed by atoms with Gasteiger partial charge < -0.3 is 10.2 Å². The Bertz CT molecular complexity index is 812. The number of carbonyl (C=O) groups excluding carboxylic acids is 2. The fourth-order valence-electron chi connectivity index (χ4n) is 2.30. The van der Waals surface area contributed by atoms with Crippen molar-refractivity contribution in [3.05, 3.63) is 58.6 Å². The Hall–Kier alpha value is -2.47. The van der Waals surface area contributed by atoms with Crippen molar-refractivity contribution in [1.82, 2.24) is 0 Å². The van der Waals surface area contributed by atoms with Gasteiger partial charge in [0, 0.05) is 36.7 Å². The maximum Gasteiger partial charge on any atom is 0.226 e. The van der Waals surface area contributed by atoms with E-state index in [1.54, 1.807) is 18.2 Å². The molecule has 25 heavy (non-hydrogen) atoms. The Morgan fingerprint density at radius 2 is 1.88 bits per heavy atom. The molecule has 0 aliphatic rings. The van der Waals surface area contributed by atoms with Gasteiger partial charge in [-0.2, -0.15) is 0 Å². The maximum atomic E-state index is 13.9. The monoisotopic (exact) mass is 366 g/mol.